The molecule has 2 aromatic rings. The highest BCUT2D eigenvalue weighted by Gasteiger charge is 2.31. The lowest BCUT2D eigenvalue weighted by atomic mass is 9.93. The summed E-state index contributed by atoms with van der Waals surface area (Å²) in [5.41, 5.74) is 1.49. The molecule has 8 heteroatoms. The maximum atomic E-state index is 12.7. The van der Waals surface area contributed by atoms with Gasteiger partial charge in [-0.25, -0.2) is 4.79 Å². The zero-order valence-electron chi connectivity index (χ0n) is 22.1. The maximum Gasteiger partial charge on any atom is 0.410 e. The van der Waals surface area contributed by atoms with Crippen LogP contribution in [0.15, 0.2) is 18.2 Å². The number of carbonyl (C=O) groups is 2. The van der Waals surface area contributed by atoms with E-state index in [1.54, 1.807) is 0 Å². The number of piperidine rings is 1. The average Bonchev–Trinajstić information content (AvgIpc) is 3.58. The van der Waals surface area contributed by atoms with E-state index < -0.39 is 5.60 Å². The molecular formula is C28H39ClN4O3. The van der Waals surface area contributed by atoms with E-state index in [9.17, 15) is 9.59 Å². The number of Topliss-reactive ketones (excluding diaryl/α,β-unsaturated/α-hetero) is 1. The lowest BCUT2D eigenvalue weighted by Crippen LogP contribution is -2.43. The third-order valence-corrected chi connectivity index (χ3v) is 7.50. The van der Waals surface area contributed by atoms with E-state index in [0.717, 1.165) is 74.4 Å². The van der Waals surface area contributed by atoms with Gasteiger partial charge >= 0.3 is 6.09 Å². The summed E-state index contributed by atoms with van der Waals surface area (Å²) in [4.78, 5) is 27.1. The van der Waals surface area contributed by atoms with Gasteiger partial charge in [-0.3, -0.25) is 4.79 Å². The molecule has 196 valence electrons. The van der Waals surface area contributed by atoms with Crippen LogP contribution in [0.1, 0.15) is 88.1 Å². The molecule has 36 heavy (non-hydrogen) atoms. The van der Waals surface area contributed by atoms with Crippen molar-refractivity contribution in [1.29, 1.82) is 0 Å². The molecule has 1 aliphatic heterocycles. The van der Waals surface area contributed by atoms with E-state index in [1.807, 2.05) is 50.8 Å². The number of ether oxygens (including phenoxy) is 1. The molecule has 1 atom stereocenters. The van der Waals surface area contributed by atoms with Crippen molar-refractivity contribution in [2.45, 2.75) is 97.1 Å². The second-order valence-electron chi connectivity index (χ2n) is 11.3. The molecule has 1 aliphatic carbocycles. The van der Waals surface area contributed by atoms with Crippen molar-refractivity contribution in [3.8, 4) is 0 Å². The van der Waals surface area contributed by atoms with Crippen LogP contribution in [-0.4, -0.2) is 50.2 Å². The molecular weight excluding hydrogens is 476 g/mol. The van der Waals surface area contributed by atoms with Crippen molar-refractivity contribution < 1.29 is 14.3 Å². The van der Waals surface area contributed by atoms with Crippen LogP contribution in [0.2, 0.25) is 5.02 Å². The topological polar surface area (TPSA) is 77.3 Å². The first kappa shape index (κ1) is 26.6. The Kier molecular flexibility index (Phi) is 8.38. The molecule has 1 aromatic carbocycles. The highest BCUT2D eigenvalue weighted by molar-refractivity contribution is 6.31. The number of carbonyl (C=O) groups excluding carboxylic acids is 2. The molecule has 0 radical (unpaired) electrons. The van der Waals surface area contributed by atoms with Crippen molar-refractivity contribution in [2.75, 3.05) is 13.1 Å². The van der Waals surface area contributed by atoms with Crippen molar-refractivity contribution in [2.24, 2.45) is 5.92 Å². The smallest absolute Gasteiger partial charge is 0.410 e. The van der Waals surface area contributed by atoms with Gasteiger partial charge in [0.1, 0.15) is 23.0 Å². The van der Waals surface area contributed by atoms with Gasteiger partial charge in [0.2, 0.25) is 0 Å². The van der Waals surface area contributed by atoms with Crippen LogP contribution in [0.5, 0.6) is 0 Å². The van der Waals surface area contributed by atoms with Gasteiger partial charge in [0.05, 0.1) is 0 Å². The minimum absolute atomic E-state index is 0.191. The zero-order chi connectivity index (χ0) is 25.9. The van der Waals surface area contributed by atoms with Gasteiger partial charge in [-0.15, -0.1) is 10.2 Å². The second-order valence-corrected chi connectivity index (χ2v) is 11.8. The van der Waals surface area contributed by atoms with Gasteiger partial charge in [-0.2, -0.15) is 0 Å². The molecule has 1 saturated carbocycles. The summed E-state index contributed by atoms with van der Waals surface area (Å²) in [6.07, 6.45) is 7.44. The summed E-state index contributed by atoms with van der Waals surface area (Å²) in [7, 11) is 0. The number of benzene rings is 1. The normalized spacial score (nSPS) is 18.4. The van der Waals surface area contributed by atoms with Gasteiger partial charge in [0.15, 0.2) is 0 Å². The SMILES string of the molecule is Cc1c(Cl)cccc1CC(=O)CCc1nnc(CCC2CCCN(C(=O)OC(C)(C)C)C2)n1C1CC1. The minimum Gasteiger partial charge on any atom is -0.444 e. The lowest BCUT2D eigenvalue weighted by molar-refractivity contribution is -0.118. The number of likely N-dealkylation sites (tertiary alicyclic amines) is 1. The first-order chi connectivity index (χ1) is 17.1. The van der Waals surface area contributed by atoms with Crippen LogP contribution in [0, 0.1) is 12.8 Å². The average molecular weight is 515 g/mol. The first-order valence-corrected chi connectivity index (χ1v) is 13.6. The Bertz CT molecular complexity index is 1090. The molecule has 1 saturated heterocycles. The Labute approximate surface area is 219 Å². The lowest BCUT2D eigenvalue weighted by Gasteiger charge is -2.34. The van der Waals surface area contributed by atoms with Crippen LogP contribution in [0.4, 0.5) is 4.79 Å². The number of hydrogen-bond acceptors (Lipinski definition) is 5. The van der Waals surface area contributed by atoms with Gasteiger partial charge in [-0.1, -0.05) is 23.7 Å². The van der Waals surface area contributed by atoms with Crippen LogP contribution in [0.3, 0.4) is 0 Å². The first-order valence-electron chi connectivity index (χ1n) is 13.3. The van der Waals surface area contributed by atoms with Crippen molar-refractivity contribution >= 4 is 23.5 Å². The number of ketones is 1. The number of hydrogen-bond donors (Lipinski definition) is 0. The largest absolute Gasteiger partial charge is 0.444 e. The molecule has 1 amide bonds. The number of amides is 1. The molecule has 0 N–H and O–H groups in total. The zero-order valence-corrected chi connectivity index (χ0v) is 22.8. The highest BCUT2D eigenvalue weighted by atomic mass is 35.5. The van der Waals surface area contributed by atoms with Crippen LogP contribution in [0.25, 0.3) is 0 Å². The summed E-state index contributed by atoms with van der Waals surface area (Å²) in [5, 5.41) is 9.72. The highest BCUT2D eigenvalue weighted by Crippen LogP contribution is 2.37. The van der Waals surface area contributed by atoms with Crippen LogP contribution < -0.4 is 0 Å². The van der Waals surface area contributed by atoms with E-state index in [1.165, 1.54) is 0 Å². The number of aromatic nitrogens is 3. The predicted molar refractivity (Wildman–Crippen MR) is 140 cm³/mol. The molecule has 4 rings (SSSR count). The molecule has 2 fully saturated rings. The standard InChI is InChI=1S/C28H39ClN4O3/c1-19-21(8-5-9-24(19)29)17-23(34)13-15-26-31-30-25(33(26)22-11-12-22)14-10-20-7-6-16-32(18-20)27(35)36-28(2,3)4/h5,8-9,20,22H,6-7,10-18H2,1-4H3. The van der Waals surface area contributed by atoms with Gasteiger partial charge < -0.3 is 14.2 Å². The predicted octanol–water partition coefficient (Wildman–Crippen LogP) is 5.90. The number of rotatable bonds is 9. The summed E-state index contributed by atoms with van der Waals surface area (Å²) in [6.45, 7) is 9.16. The molecule has 2 heterocycles. The molecule has 0 spiro atoms. The summed E-state index contributed by atoms with van der Waals surface area (Å²) >= 11 is 6.21. The second kappa shape index (κ2) is 11.3. The molecule has 1 aromatic heterocycles. The maximum absolute atomic E-state index is 12.7. The van der Waals surface area contributed by atoms with E-state index in [2.05, 4.69) is 14.8 Å². The van der Waals surface area contributed by atoms with Crippen molar-refractivity contribution in [1.82, 2.24) is 19.7 Å². The summed E-state index contributed by atoms with van der Waals surface area (Å²) in [6, 6.07) is 6.18. The number of aryl methyl sites for hydroxylation is 2. The quantitative estimate of drug-likeness (QED) is 0.416. The minimum atomic E-state index is -0.477. The Morgan fingerprint density at radius 3 is 2.53 bits per heavy atom. The van der Waals surface area contributed by atoms with E-state index >= 15 is 0 Å². The Balaban J connectivity index is 1.32. The van der Waals surface area contributed by atoms with Gasteiger partial charge in [-0.05, 0) is 82.9 Å². The summed E-state index contributed by atoms with van der Waals surface area (Å²) in [5.74, 6) is 2.56. The Morgan fingerprint density at radius 2 is 1.83 bits per heavy atom. The number of nitrogens with zero attached hydrogens (tertiary/aromatic N) is 4. The third kappa shape index (κ3) is 7.09. The Morgan fingerprint density at radius 1 is 1.11 bits per heavy atom. The molecule has 0 bridgehead atoms. The fraction of sp³-hybridized carbons (Fsp3) is 0.643. The van der Waals surface area contributed by atoms with Gasteiger partial charge in [0.25, 0.3) is 0 Å². The van der Waals surface area contributed by atoms with E-state index in [4.69, 9.17) is 16.3 Å². The third-order valence-electron chi connectivity index (χ3n) is 7.09. The van der Waals surface area contributed by atoms with Crippen LogP contribution >= 0.6 is 11.6 Å². The fourth-order valence-corrected chi connectivity index (χ4v) is 5.17. The fourth-order valence-electron chi connectivity index (χ4n) is 4.98. The van der Waals surface area contributed by atoms with Crippen molar-refractivity contribution in [3.63, 3.8) is 0 Å². The molecule has 7 nitrogen and oxygen atoms in total. The number of halogens is 1. The molecule has 2 aliphatic rings. The van der Waals surface area contributed by atoms with Crippen molar-refractivity contribution in [3.05, 3.63) is 46.0 Å². The van der Waals surface area contributed by atoms with Crippen LogP contribution in [-0.2, 0) is 28.8 Å². The van der Waals surface area contributed by atoms with E-state index in [-0.39, 0.29) is 11.9 Å². The Hall–Kier alpha value is -2.41. The van der Waals surface area contributed by atoms with Gasteiger partial charge in [0, 0.05) is 49.8 Å². The summed E-state index contributed by atoms with van der Waals surface area (Å²) < 4.78 is 7.86. The monoisotopic (exact) mass is 514 g/mol. The molecule has 1 unspecified atom stereocenters. The van der Waals surface area contributed by atoms with E-state index in [0.29, 0.717) is 36.2 Å².